The molecular formula is C68H78N4O8. The number of dihydropyridines is 1. The number of phenolic OH excluding ortho intramolecular Hbond substituents is 3. The molecule has 1 saturated carbocycles. The first-order valence-electron chi connectivity index (χ1n) is 29.5. The van der Waals surface area contributed by atoms with Gasteiger partial charge in [-0.05, 0) is 183 Å². The zero-order valence-electron chi connectivity index (χ0n) is 46.2. The lowest BCUT2D eigenvalue weighted by atomic mass is 9.51. The Labute approximate surface area is 470 Å². The number of nitrogens with zero attached hydrogens (tertiary/aromatic N) is 1. The van der Waals surface area contributed by atoms with Crippen LogP contribution in [0.25, 0.3) is 16.6 Å². The summed E-state index contributed by atoms with van der Waals surface area (Å²) in [5.74, 6) is 9.36. The predicted molar refractivity (Wildman–Crippen MR) is 312 cm³/mol. The zero-order chi connectivity index (χ0) is 55.0. The monoisotopic (exact) mass is 1080 g/mol. The minimum atomic E-state index is -0.709. The second-order valence-corrected chi connectivity index (χ2v) is 23.8. The molecule has 5 heterocycles. The number of aromatic nitrogens is 1. The van der Waals surface area contributed by atoms with Crippen LogP contribution in [0.5, 0.6) is 23.0 Å². The summed E-state index contributed by atoms with van der Waals surface area (Å²) in [6.45, 7) is 1.34. The Morgan fingerprint density at radius 3 is 2.51 bits per heavy atom. The van der Waals surface area contributed by atoms with Crippen LogP contribution < -0.4 is 21.1 Å². The Morgan fingerprint density at radius 1 is 0.800 bits per heavy atom. The molecule has 1 saturated heterocycles. The maximum absolute atomic E-state index is 11.9. The first-order chi connectivity index (χ1) is 39.0. The van der Waals surface area contributed by atoms with Gasteiger partial charge >= 0.3 is 0 Å². The smallest absolute Gasteiger partial charge is 0.161 e. The molecule has 4 aliphatic heterocycles. The molecule has 5 aromatic carbocycles. The van der Waals surface area contributed by atoms with Crippen molar-refractivity contribution < 1.29 is 39.7 Å². The summed E-state index contributed by atoms with van der Waals surface area (Å²) in [6.07, 6.45) is 17.2. The van der Waals surface area contributed by atoms with E-state index in [1.54, 1.807) is 24.3 Å². The molecule has 1 unspecified atom stereocenters. The maximum Gasteiger partial charge on any atom is 0.161 e. The van der Waals surface area contributed by atoms with Gasteiger partial charge in [0.2, 0.25) is 0 Å². The van der Waals surface area contributed by atoms with Crippen molar-refractivity contribution in [2.75, 3.05) is 26.8 Å². The highest BCUT2D eigenvalue weighted by molar-refractivity contribution is 5.89. The molecule has 12 rings (SSSR count). The molecule has 1 spiro atoms. The molecule has 9 N–H and O–H groups in total. The highest BCUT2D eigenvalue weighted by atomic mass is 16.5. The Bertz CT molecular complexity index is 3390. The molecule has 0 amide bonds. The van der Waals surface area contributed by atoms with E-state index in [4.69, 9.17) is 19.9 Å². The largest absolute Gasteiger partial charge is 0.508 e. The maximum atomic E-state index is 11.9. The fraction of sp³-hybridized carbons (Fsp3) is 0.441. The van der Waals surface area contributed by atoms with Crippen LogP contribution in [-0.2, 0) is 53.8 Å². The molecular weight excluding hydrogens is 1000 g/mol. The van der Waals surface area contributed by atoms with Crippen LogP contribution in [0.2, 0.25) is 0 Å². The number of hydrogen-bond donors (Lipinski definition) is 8. The highest BCUT2D eigenvalue weighted by Gasteiger charge is 2.58. The van der Waals surface area contributed by atoms with Gasteiger partial charge in [0.05, 0.1) is 31.0 Å². The molecule has 0 radical (unpaired) electrons. The first-order valence-corrected chi connectivity index (χ1v) is 29.5. The fourth-order valence-corrected chi connectivity index (χ4v) is 14.9. The molecule has 6 bridgehead atoms. The van der Waals surface area contributed by atoms with Gasteiger partial charge in [0.25, 0.3) is 0 Å². The molecule has 1 aromatic heterocycles. The topological polar surface area (TPSA) is 184 Å². The molecule has 80 heavy (non-hydrogen) atoms. The van der Waals surface area contributed by atoms with Gasteiger partial charge in [-0.2, -0.15) is 0 Å². The number of hydrogen-bond acceptors (Lipinski definition) is 11. The quantitative estimate of drug-likeness (QED) is 0.0645. The third-order valence-electron chi connectivity index (χ3n) is 18.9. The predicted octanol–water partition coefficient (Wildman–Crippen LogP) is 10.5. The van der Waals surface area contributed by atoms with Gasteiger partial charge in [-0.3, -0.25) is 0 Å². The summed E-state index contributed by atoms with van der Waals surface area (Å²) in [7, 11) is 1.93. The number of ether oxygens (including phenoxy) is 3. The second-order valence-electron chi connectivity index (χ2n) is 23.8. The Balaban J connectivity index is 0.994. The average Bonchev–Trinajstić information content (AvgIpc) is 2.64. The van der Waals surface area contributed by atoms with Crippen LogP contribution in [0.1, 0.15) is 134 Å². The fourth-order valence-electron chi connectivity index (χ4n) is 14.9. The number of fused-ring (bicyclic) bond motifs is 10. The van der Waals surface area contributed by atoms with E-state index >= 15 is 0 Å². The van der Waals surface area contributed by atoms with E-state index in [0.29, 0.717) is 50.1 Å². The van der Waals surface area contributed by atoms with Crippen LogP contribution in [0.4, 0.5) is 0 Å². The standard InChI is InChI=1S/C68H78N4O8/c1-70-37-57-56-22-17-43(15-16-44-18-23-61(76)48(29-44)30-45-10-7-12-53(74)31-45)9-8-13-55-36-54(75)21-19-47-35-63(62(77)34-50(47)40-73)79-41-51-33-52(32-49-38-72(39-58(49)51)66(71-65(57)69)59(56)42-78-55)68-27-28-80-67(25-5-2-6-26-67)64(68)24-20-46-11-3-4-14-60(46)68/h3-4,7,10-12,14,18,23,29,31-35,38-39,43,54-55,64-65,70-71,73-77H,2,5-6,8-9,13,15-16,19-21,24-28,30,36-37,40-42,69H2,1H3/t43-,54+,55-,64+,65?,68-/m0/s1. The van der Waals surface area contributed by atoms with E-state index in [9.17, 15) is 25.5 Å². The Kier molecular flexibility index (Phi) is 15.6. The van der Waals surface area contributed by atoms with Gasteiger partial charge in [0, 0.05) is 71.1 Å². The summed E-state index contributed by atoms with van der Waals surface area (Å²) in [5.41, 5.74) is 18.7. The number of rotatable bonds is 9. The van der Waals surface area contributed by atoms with Crippen LogP contribution in [0.15, 0.2) is 120 Å². The molecule has 2 aliphatic carbocycles. The number of likely N-dealkylation sites (N-methyl/N-ethyl adjacent to an activating group) is 1. The van der Waals surface area contributed by atoms with Gasteiger partial charge in [-0.25, -0.2) is 0 Å². The van der Waals surface area contributed by atoms with E-state index in [0.717, 1.165) is 125 Å². The van der Waals surface area contributed by atoms with Crippen LogP contribution >= 0.6 is 0 Å². The number of aromatic hydroxyl groups is 3. The molecule has 12 nitrogen and oxygen atoms in total. The van der Waals surface area contributed by atoms with Gasteiger partial charge < -0.3 is 60.7 Å². The third-order valence-corrected chi connectivity index (χ3v) is 18.9. The molecule has 6 aliphatic rings. The summed E-state index contributed by atoms with van der Waals surface area (Å²) < 4.78 is 23.1. The minimum Gasteiger partial charge on any atom is -0.508 e. The Hall–Kier alpha value is -6.56. The average molecular weight is 1080 g/mol. The summed E-state index contributed by atoms with van der Waals surface area (Å²) in [4.78, 5) is 0. The lowest BCUT2D eigenvalue weighted by molar-refractivity contribution is -0.166. The van der Waals surface area contributed by atoms with E-state index in [1.165, 1.54) is 36.0 Å². The molecule has 6 aromatic rings. The summed E-state index contributed by atoms with van der Waals surface area (Å²) >= 11 is 0. The summed E-state index contributed by atoms with van der Waals surface area (Å²) in [6, 6.07) is 30.4. The van der Waals surface area contributed by atoms with Crippen LogP contribution in [0.3, 0.4) is 0 Å². The van der Waals surface area contributed by atoms with Crippen LogP contribution in [-0.4, -0.2) is 80.9 Å². The second kappa shape index (κ2) is 23.1. The SMILES string of the molecule is CNCC1=C2C#C[C@H](CCc3ccc(O)c(Cc4cccc(O)c4)c3)CCC[C@H]3C[C@H](O)CCc4cc(c(O)cc4CO)OCc4cc([C@]56CCOC7(CCCCC7)[C@H]5CCc5ccccc56)cc5cn(cc45)C(=C2CO3)NC1N. The number of phenols is 3. The van der Waals surface area contributed by atoms with E-state index < -0.39 is 12.3 Å². The van der Waals surface area contributed by atoms with Gasteiger partial charge in [0.1, 0.15) is 30.1 Å². The minimum absolute atomic E-state index is 0.0181. The van der Waals surface area contributed by atoms with E-state index in [2.05, 4.69) is 81.9 Å². The lowest BCUT2D eigenvalue weighted by Crippen LogP contribution is -2.59. The van der Waals surface area contributed by atoms with Crippen molar-refractivity contribution in [2.45, 2.75) is 152 Å². The number of aliphatic hydroxyl groups is 2. The van der Waals surface area contributed by atoms with Crippen molar-refractivity contribution in [3.05, 3.63) is 170 Å². The molecule has 6 atom stereocenters. The van der Waals surface area contributed by atoms with Gasteiger partial charge in [-0.15, -0.1) is 0 Å². The van der Waals surface area contributed by atoms with Gasteiger partial charge in [-0.1, -0.05) is 85.7 Å². The number of aryl methyl sites for hydroxylation is 3. The molecule has 2 fully saturated rings. The van der Waals surface area contributed by atoms with Crippen molar-refractivity contribution in [1.29, 1.82) is 0 Å². The summed E-state index contributed by atoms with van der Waals surface area (Å²) in [5, 5.41) is 64.3. The van der Waals surface area contributed by atoms with Crippen molar-refractivity contribution >= 4 is 16.6 Å². The van der Waals surface area contributed by atoms with E-state index in [1.807, 2.05) is 31.3 Å². The lowest BCUT2D eigenvalue weighted by Gasteiger charge is -2.59. The zero-order valence-corrected chi connectivity index (χ0v) is 46.2. The first kappa shape index (κ1) is 54.0. The number of aliphatic hydroxyl groups excluding tert-OH is 2. The van der Waals surface area contributed by atoms with Gasteiger partial charge in [0.15, 0.2) is 11.5 Å². The molecule has 418 valence electrons. The number of benzene rings is 5. The third kappa shape index (κ3) is 10.6. The Morgan fingerprint density at radius 2 is 1.66 bits per heavy atom. The number of nitrogens with one attached hydrogen (secondary N) is 2. The van der Waals surface area contributed by atoms with E-state index in [-0.39, 0.29) is 66.0 Å². The highest BCUT2D eigenvalue weighted by Crippen LogP contribution is 2.60. The molecule has 12 heteroatoms. The van der Waals surface area contributed by atoms with Crippen molar-refractivity contribution in [3.8, 4) is 34.8 Å². The van der Waals surface area contributed by atoms with Crippen molar-refractivity contribution in [3.63, 3.8) is 0 Å². The van der Waals surface area contributed by atoms with Crippen molar-refractivity contribution in [1.82, 2.24) is 15.2 Å². The normalized spacial score (nSPS) is 24.9. The van der Waals surface area contributed by atoms with Crippen molar-refractivity contribution in [2.24, 2.45) is 17.6 Å². The van der Waals surface area contributed by atoms with Crippen LogP contribution in [0, 0.1) is 23.7 Å². The number of nitrogens with two attached hydrogens (primary N) is 1.